The minimum Gasteiger partial charge on any atom is -0.497 e. The number of ether oxygens (including phenoxy) is 1. The van der Waals surface area contributed by atoms with Crippen LogP contribution in [-0.2, 0) is 0 Å². The SMILES string of the molecule is COc1ccc2[nH]nc(-c3ncc[nH]3)c2c1. The van der Waals surface area contributed by atoms with Crippen LogP contribution in [0.5, 0.6) is 5.75 Å². The third-order valence-electron chi connectivity index (χ3n) is 2.49. The van der Waals surface area contributed by atoms with E-state index in [1.54, 1.807) is 19.5 Å². The minimum absolute atomic E-state index is 0.750. The topological polar surface area (TPSA) is 66.6 Å². The van der Waals surface area contributed by atoms with Crippen LogP contribution >= 0.6 is 0 Å². The zero-order chi connectivity index (χ0) is 11.0. The third kappa shape index (κ3) is 1.25. The molecule has 0 atom stereocenters. The number of nitrogens with one attached hydrogen (secondary N) is 2. The van der Waals surface area contributed by atoms with Crippen molar-refractivity contribution in [2.24, 2.45) is 0 Å². The highest BCUT2D eigenvalue weighted by Gasteiger charge is 2.10. The molecule has 3 rings (SSSR count). The second-order valence-electron chi connectivity index (χ2n) is 3.42. The summed E-state index contributed by atoms with van der Waals surface area (Å²) < 4.78 is 5.19. The molecule has 0 aliphatic heterocycles. The molecule has 0 unspecified atom stereocenters. The standard InChI is InChI=1S/C11H10N4O/c1-16-7-2-3-9-8(6-7)10(15-14-9)11-12-4-5-13-11/h2-6H,1H3,(H,12,13)(H,14,15). The van der Waals surface area contributed by atoms with Gasteiger partial charge in [-0.2, -0.15) is 5.10 Å². The highest BCUT2D eigenvalue weighted by molar-refractivity contribution is 5.92. The Morgan fingerprint density at radius 1 is 1.31 bits per heavy atom. The van der Waals surface area contributed by atoms with Crippen LogP contribution in [0.15, 0.2) is 30.6 Å². The smallest absolute Gasteiger partial charge is 0.158 e. The van der Waals surface area contributed by atoms with Crippen LogP contribution in [0.25, 0.3) is 22.4 Å². The summed E-state index contributed by atoms with van der Waals surface area (Å²) in [5.41, 5.74) is 1.77. The first-order chi connectivity index (χ1) is 7.88. The molecule has 0 saturated carbocycles. The van der Waals surface area contributed by atoms with Gasteiger partial charge in [0.1, 0.15) is 11.4 Å². The van der Waals surface area contributed by atoms with Crippen LogP contribution in [-0.4, -0.2) is 27.3 Å². The van der Waals surface area contributed by atoms with Gasteiger partial charge in [-0.15, -0.1) is 0 Å². The van der Waals surface area contributed by atoms with E-state index in [-0.39, 0.29) is 0 Å². The van der Waals surface area contributed by atoms with E-state index in [1.165, 1.54) is 0 Å². The monoisotopic (exact) mass is 214 g/mol. The highest BCUT2D eigenvalue weighted by Crippen LogP contribution is 2.26. The van der Waals surface area contributed by atoms with Gasteiger partial charge in [-0.25, -0.2) is 4.98 Å². The summed E-state index contributed by atoms with van der Waals surface area (Å²) in [5.74, 6) is 1.56. The van der Waals surface area contributed by atoms with Gasteiger partial charge in [0.2, 0.25) is 0 Å². The maximum absolute atomic E-state index is 5.19. The fraction of sp³-hybridized carbons (Fsp3) is 0.0909. The molecule has 0 amide bonds. The van der Waals surface area contributed by atoms with Gasteiger partial charge in [-0.1, -0.05) is 0 Å². The summed E-state index contributed by atoms with van der Waals surface area (Å²) in [6.45, 7) is 0. The van der Waals surface area contributed by atoms with Crippen molar-refractivity contribution in [2.45, 2.75) is 0 Å². The van der Waals surface area contributed by atoms with Crippen molar-refractivity contribution in [1.29, 1.82) is 0 Å². The fourth-order valence-corrected chi connectivity index (χ4v) is 1.70. The predicted molar refractivity (Wildman–Crippen MR) is 60.2 cm³/mol. The molecule has 0 fully saturated rings. The van der Waals surface area contributed by atoms with Crippen LogP contribution in [0.4, 0.5) is 0 Å². The molecule has 0 spiro atoms. The normalized spacial score (nSPS) is 10.8. The maximum atomic E-state index is 5.19. The molecule has 80 valence electrons. The molecule has 0 saturated heterocycles. The number of benzene rings is 1. The van der Waals surface area contributed by atoms with Crippen LogP contribution in [0, 0.1) is 0 Å². The first-order valence-electron chi connectivity index (χ1n) is 4.90. The molecule has 0 bridgehead atoms. The fourth-order valence-electron chi connectivity index (χ4n) is 1.70. The van der Waals surface area contributed by atoms with E-state index in [2.05, 4.69) is 20.2 Å². The summed E-state index contributed by atoms with van der Waals surface area (Å²) in [4.78, 5) is 7.22. The van der Waals surface area contributed by atoms with E-state index in [4.69, 9.17) is 4.74 Å². The Morgan fingerprint density at radius 2 is 2.25 bits per heavy atom. The summed E-state index contributed by atoms with van der Waals surface area (Å²) in [6.07, 6.45) is 3.48. The van der Waals surface area contributed by atoms with Crippen LogP contribution < -0.4 is 4.74 Å². The van der Waals surface area contributed by atoms with E-state index < -0.39 is 0 Å². The Kier molecular flexibility index (Phi) is 1.89. The number of hydrogen-bond donors (Lipinski definition) is 2. The Hall–Kier alpha value is -2.30. The lowest BCUT2D eigenvalue weighted by molar-refractivity contribution is 0.415. The number of imidazole rings is 1. The molecule has 5 heteroatoms. The average molecular weight is 214 g/mol. The van der Waals surface area contributed by atoms with Gasteiger partial charge < -0.3 is 9.72 Å². The molecular weight excluding hydrogens is 204 g/mol. The minimum atomic E-state index is 0.750. The summed E-state index contributed by atoms with van der Waals surface area (Å²) >= 11 is 0. The maximum Gasteiger partial charge on any atom is 0.158 e. The first-order valence-corrected chi connectivity index (χ1v) is 4.90. The van der Waals surface area contributed by atoms with Crippen molar-refractivity contribution in [3.8, 4) is 17.3 Å². The van der Waals surface area contributed by atoms with Crippen molar-refractivity contribution in [2.75, 3.05) is 7.11 Å². The lowest BCUT2D eigenvalue weighted by Crippen LogP contribution is -1.83. The summed E-state index contributed by atoms with van der Waals surface area (Å²) in [6, 6.07) is 5.77. The van der Waals surface area contributed by atoms with Gasteiger partial charge in [-0.3, -0.25) is 5.10 Å². The molecule has 1 aromatic carbocycles. The van der Waals surface area contributed by atoms with Gasteiger partial charge >= 0.3 is 0 Å². The Morgan fingerprint density at radius 3 is 3.00 bits per heavy atom. The van der Waals surface area contributed by atoms with Crippen LogP contribution in [0.1, 0.15) is 0 Å². The number of nitrogens with zero attached hydrogens (tertiary/aromatic N) is 2. The number of rotatable bonds is 2. The van der Waals surface area contributed by atoms with Gasteiger partial charge in [0.25, 0.3) is 0 Å². The molecule has 3 aromatic rings. The number of fused-ring (bicyclic) bond motifs is 1. The number of aromatic nitrogens is 4. The van der Waals surface area contributed by atoms with E-state index in [9.17, 15) is 0 Å². The molecule has 0 aliphatic rings. The Bertz CT molecular complexity index is 612. The van der Waals surface area contributed by atoms with Crippen LogP contribution in [0.3, 0.4) is 0 Å². The van der Waals surface area contributed by atoms with E-state index >= 15 is 0 Å². The summed E-state index contributed by atoms with van der Waals surface area (Å²) in [5, 5.41) is 8.20. The number of methoxy groups -OCH3 is 1. The van der Waals surface area contributed by atoms with Crippen molar-refractivity contribution in [1.82, 2.24) is 20.2 Å². The van der Waals surface area contributed by atoms with E-state index in [0.717, 1.165) is 28.2 Å². The largest absolute Gasteiger partial charge is 0.497 e. The Balaban J connectivity index is 2.25. The molecule has 2 heterocycles. The number of hydrogen-bond acceptors (Lipinski definition) is 3. The van der Waals surface area contributed by atoms with E-state index in [0.29, 0.717) is 0 Å². The second-order valence-corrected chi connectivity index (χ2v) is 3.42. The predicted octanol–water partition coefficient (Wildman–Crippen LogP) is 1.96. The van der Waals surface area contributed by atoms with Gasteiger partial charge in [0.05, 0.1) is 12.6 Å². The molecule has 16 heavy (non-hydrogen) atoms. The first kappa shape index (κ1) is 8.96. The van der Waals surface area contributed by atoms with Gasteiger partial charge in [0, 0.05) is 17.8 Å². The lowest BCUT2D eigenvalue weighted by Gasteiger charge is -1.98. The second kappa shape index (κ2) is 3.37. The Labute approximate surface area is 91.5 Å². The average Bonchev–Trinajstić information content (AvgIpc) is 2.96. The number of aromatic amines is 2. The van der Waals surface area contributed by atoms with Gasteiger partial charge in [0.15, 0.2) is 5.82 Å². The van der Waals surface area contributed by atoms with E-state index in [1.807, 2.05) is 18.2 Å². The molecule has 5 nitrogen and oxygen atoms in total. The molecular formula is C11H10N4O. The summed E-state index contributed by atoms with van der Waals surface area (Å²) in [7, 11) is 1.65. The van der Waals surface area contributed by atoms with Gasteiger partial charge in [-0.05, 0) is 18.2 Å². The zero-order valence-corrected chi connectivity index (χ0v) is 8.69. The third-order valence-corrected chi connectivity index (χ3v) is 2.49. The van der Waals surface area contributed by atoms with Crippen LogP contribution in [0.2, 0.25) is 0 Å². The van der Waals surface area contributed by atoms with Crippen molar-refractivity contribution >= 4 is 10.9 Å². The molecule has 0 radical (unpaired) electrons. The molecule has 2 N–H and O–H groups in total. The zero-order valence-electron chi connectivity index (χ0n) is 8.69. The van der Waals surface area contributed by atoms with Crippen molar-refractivity contribution < 1.29 is 4.74 Å². The lowest BCUT2D eigenvalue weighted by atomic mass is 10.2. The molecule has 2 aromatic heterocycles. The quantitative estimate of drug-likeness (QED) is 0.685. The highest BCUT2D eigenvalue weighted by atomic mass is 16.5. The van der Waals surface area contributed by atoms with Crippen molar-refractivity contribution in [3.63, 3.8) is 0 Å². The molecule has 0 aliphatic carbocycles. The number of H-pyrrole nitrogens is 2. The van der Waals surface area contributed by atoms with Crippen molar-refractivity contribution in [3.05, 3.63) is 30.6 Å².